The largest absolute Gasteiger partial charge is 0.369 e. The molecule has 0 saturated carbocycles. The molecular weight excluding hydrogens is 328 g/mol. The monoisotopic (exact) mass is 350 g/mol. The van der Waals surface area contributed by atoms with Crippen molar-refractivity contribution in [3.8, 4) is 6.07 Å². The Labute approximate surface area is 155 Å². The Morgan fingerprint density at radius 3 is 2.56 bits per heavy atom. The van der Waals surface area contributed by atoms with Gasteiger partial charge >= 0.3 is 0 Å². The topological polar surface area (TPSA) is 27.0 Å². The van der Waals surface area contributed by atoms with Gasteiger partial charge in [-0.25, -0.2) is 0 Å². The molecule has 2 nitrogen and oxygen atoms in total. The zero-order chi connectivity index (χ0) is 18.2. The molecule has 3 rings (SSSR count). The molecule has 0 fully saturated rings. The van der Waals surface area contributed by atoms with Gasteiger partial charge < -0.3 is 4.90 Å². The first-order chi connectivity index (χ1) is 11.8. The molecule has 0 aromatic heterocycles. The third-order valence-corrected chi connectivity index (χ3v) is 5.50. The van der Waals surface area contributed by atoms with Gasteiger partial charge in [0.25, 0.3) is 0 Å². The van der Waals surface area contributed by atoms with E-state index >= 15 is 0 Å². The van der Waals surface area contributed by atoms with Gasteiger partial charge in [0.2, 0.25) is 0 Å². The van der Waals surface area contributed by atoms with E-state index in [4.69, 9.17) is 11.6 Å². The lowest BCUT2D eigenvalue weighted by Gasteiger charge is -2.45. The lowest BCUT2D eigenvalue weighted by molar-refractivity contribution is 0.395. The van der Waals surface area contributed by atoms with Crippen LogP contribution in [0.2, 0.25) is 5.02 Å². The highest BCUT2D eigenvalue weighted by Gasteiger charge is 2.33. The molecular formula is C22H23ClN2. The van der Waals surface area contributed by atoms with Crippen LogP contribution in [0.1, 0.15) is 49.8 Å². The second kappa shape index (κ2) is 6.58. The van der Waals surface area contributed by atoms with Crippen molar-refractivity contribution in [3.63, 3.8) is 0 Å². The highest BCUT2D eigenvalue weighted by atomic mass is 35.5. The summed E-state index contributed by atoms with van der Waals surface area (Å²) in [6, 6.07) is 16.2. The Morgan fingerprint density at radius 1 is 1.24 bits per heavy atom. The average Bonchev–Trinajstić information content (AvgIpc) is 2.58. The smallest absolute Gasteiger partial charge is 0.0998 e. The number of hydrogen-bond donors (Lipinski definition) is 0. The SMILES string of the molecule is CC1CC(C)(C)N(C)c2ccc(/C=C(/C#N)c3ccc(Cl)cc3)cc21. The van der Waals surface area contributed by atoms with Crippen LogP contribution in [-0.4, -0.2) is 12.6 Å². The third kappa shape index (κ3) is 3.43. The number of fused-ring (bicyclic) bond motifs is 1. The van der Waals surface area contributed by atoms with Crippen molar-refractivity contribution in [2.45, 2.75) is 38.6 Å². The summed E-state index contributed by atoms with van der Waals surface area (Å²) in [5.74, 6) is 0.496. The van der Waals surface area contributed by atoms with Gasteiger partial charge in [0.15, 0.2) is 0 Å². The fraction of sp³-hybridized carbons (Fsp3) is 0.318. The van der Waals surface area contributed by atoms with Gasteiger partial charge in [-0.05, 0) is 73.2 Å². The van der Waals surface area contributed by atoms with Crippen LogP contribution < -0.4 is 4.90 Å². The fourth-order valence-electron chi connectivity index (χ4n) is 3.66. The van der Waals surface area contributed by atoms with Crippen LogP contribution in [0.3, 0.4) is 0 Å². The molecule has 3 heteroatoms. The molecule has 0 saturated heterocycles. The van der Waals surface area contributed by atoms with Crippen molar-refractivity contribution in [1.29, 1.82) is 5.26 Å². The molecule has 1 aliphatic heterocycles. The number of rotatable bonds is 2. The molecule has 1 unspecified atom stereocenters. The molecule has 2 aromatic carbocycles. The second-order valence-corrected chi connectivity index (χ2v) is 7.91. The van der Waals surface area contributed by atoms with Crippen molar-refractivity contribution in [1.82, 2.24) is 0 Å². The van der Waals surface area contributed by atoms with Crippen LogP contribution in [0.15, 0.2) is 42.5 Å². The van der Waals surface area contributed by atoms with Crippen LogP contribution in [0.5, 0.6) is 0 Å². The van der Waals surface area contributed by atoms with Gasteiger partial charge in [0, 0.05) is 23.3 Å². The maximum absolute atomic E-state index is 9.55. The van der Waals surface area contributed by atoms with Crippen LogP contribution >= 0.6 is 11.6 Å². The molecule has 128 valence electrons. The molecule has 0 spiro atoms. The average molecular weight is 351 g/mol. The number of halogens is 1. The summed E-state index contributed by atoms with van der Waals surface area (Å²) >= 11 is 5.94. The van der Waals surface area contributed by atoms with Crippen molar-refractivity contribution < 1.29 is 0 Å². The summed E-state index contributed by atoms with van der Waals surface area (Å²) in [6.45, 7) is 6.86. The Bertz CT molecular complexity index is 857. The highest BCUT2D eigenvalue weighted by molar-refractivity contribution is 6.30. The van der Waals surface area contributed by atoms with E-state index in [-0.39, 0.29) is 5.54 Å². The van der Waals surface area contributed by atoms with Gasteiger partial charge in [-0.2, -0.15) is 5.26 Å². The minimum absolute atomic E-state index is 0.158. The Hall–Kier alpha value is -2.24. The van der Waals surface area contributed by atoms with E-state index in [0.29, 0.717) is 16.5 Å². The quantitative estimate of drug-likeness (QED) is 0.481. The fourth-order valence-corrected chi connectivity index (χ4v) is 3.79. The van der Waals surface area contributed by atoms with Crippen LogP contribution in [-0.2, 0) is 0 Å². The number of hydrogen-bond acceptors (Lipinski definition) is 2. The van der Waals surface area contributed by atoms with Crippen LogP contribution in [0.4, 0.5) is 5.69 Å². The minimum atomic E-state index is 0.158. The molecule has 1 heterocycles. The van der Waals surface area contributed by atoms with Crippen LogP contribution in [0, 0.1) is 11.3 Å². The van der Waals surface area contributed by atoms with Gasteiger partial charge in [-0.15, -0.1) is 0 Å². The van der Waals surface area contributed by atoms with E-state index in [1.165, 1.54) is 11.3 Å². The molecule has 0 radical (unpaired) electrons. The van der Waals surface area contributed by atoms with Crippen molar-refractivity contribution in [2.24, 2.45) is 0 Å². The predicted molar refractivity (Wildman–Crippen MR) is 107 cm³/mol. The summed E-state index contributed by atoms with van der Waals surface area (Å²) in [4.78, 5) is 2.36. The number of nitrogens with zero attached hydrogens (tertiary/aromatic N) is 2. The standard InChI is InChI=1S/C22H23ClN2/c1-15-13-22(2,3)25(4)21-10-5-16(12-20(15)21)11-18(14-24)17-6-8-19(23)9-7-17/h5-12,15H,13H2,1-4H3/b18-11-. The molecule has 1 atom stereocenters. The van der Waals surface area contributed by atoms with Crippen LogP contribution in [0.25, 0.3) is 11.6 Å². The summed E-state index contributed by atoms with van der Waals surface area (Å²) in [7, 11) is 2.16. The van der Waals surface area contributed by atoms with E-state index in [1.54, 1.807) is 0 Å². The normalized spacial score (nSPS) is 19.3. The van der Waals surface area contributed by atoms with Gasteiger partial charge in [0.1, 0.15) is 0 Å². The Morgan fingerprint density at radius 2 is 1.92 bits per heavy atom. The molecule has 25 heavy (non-hydrogen) atoms. The van der Waals surface area contributed by atoms with E-state index in [2.05, 4.69) is 57.0 Å². The van der Waals surface area contributed by atoms with E-state index in [0.717, 1.165) is 17.5 Å². The molecule has 0 amide bonds. The summed E-state index contributed by atoms with van der Waals surface area (Å²) < 4.78 is 0. The molecule has 2 aromatic rings. The van der Waals surface area contributed by atoms with Gasteiger partial charge in [-0.3, -0.25) is 0 Å². The second-order valence-electron chi connectivity index (χ2n) is 7.47. The van der Waals surface area contributed by atoms with Crippen molar-refractivity contribution in [3.05, 3.63) is 64.2 Å². The number of nitriles is 1. The zero-order valence-corrected chi connectivity index (χ0v) is 15.9. The summed E-state index contributed by atoms with van der Waals surface area (Å²) in [5, 5.41) is 10.2. The number of benzene rings is 2. The Kier molecular flexibility index (Phi) is 4.62. The first-order valence-corrected chi connectivity index (χ1v) is 8.95. The molecule has 0 N–H and O–H groups in total. The first kappa shape index (κ1) is 17.6. The molecule has 0 aliphatic carbocycles. The predicted octanol–water partition coefficient (Wildman–Crippen LogP) is 6.13. The van der Waals surface area contributed by atoms with Gasteiger partial charge in [0.05, 0.1) is 11.6 Å². The van der Waals surface area contributed by atoms with Crippen molar-refractivity contribution in [2.75, 3.05) is 11.9 Å². The third-order valence-electron chi connectivity index (χ3n) is 5.24. The summed E-state index contributed by atoms with van der Waals surface area (Å²) in [6.07, 6.45) is 3.07. The molecule has 0 bridgehead atoms. The summed E-state index contributed by atoms with van der Waals surface area (Å²) in [5.41, 5.74) is 5.38. The van der Waals surface area contributed by atoms with Crippen molar-refractivity contribution >= 4 is 28.9 Å². The maximum atomic E-state index is 9.55. The van der Waals surface area contributed by atoms with E-state index in [1.807, 2.05) is 30.3 Å². The Balaban J connectivity index is 2.01. The lowest BCUT2D eigenvalue weighted by atomic mass is 9.80. The minimum Gasteiger partial charge on any atom is -0.369 e. The molecule has 1 aliphatic rings. The van der Waals surface area contributed by atoms with E-state index in [9.17, 15) is 5.26 Å². The van der Waals surface area contributed by atoms with E-state index < -0.39 is 0 Å². The maximum Gasteiger partial charge on any atom is 0.0998 e. The first-order valence-electron chi connectivity index (χ1n) is 8.57. The highest BCUT2D eigenvalue weighted by Crippen LogP contribution is 2.42. The lowest BCUT2D eigenvalue weighted by Crippen LogP contribution is -2.45. The van der Waals surface area contributed by atoms with Gasteiger partial charge in [-0.1, -0.05) is 36.7 Å². The zero-order valence-electron chi connectivity index (χ0n) is 15.2. The number of allylic oxidation sites excluding steroid dienone is 1. The number of anilines is 1.